The number of esters is 1. The number of ether oxygens (including phenoxy) is 3. The predicted molar refractivity (Wildman–Crippen MR) is 72.9 cm³/mol. The lowest BCUT2D eigenvalue weighted by atomic mass is 10.2. The molecule has 0 N–H and O–H groups in total. The van der Waals surface area contributed by atoms with E-state index < -0.39 is 5.97 Å². The van der Waals surface area contributed by atoms with E-state index in [9.17, 15) is 4.79 Å². The van der Waals surface area contributed by atoms with E-state index in [0.29, 0.717) is 40.6 Å². The Morgan fingerprint density at radius 2 is 2.17 bits per heavy atom. The quantitative estimate of drug-likeness (QED) is 0.590. The van der Waals surface area contributed by atoms with Crippen molar-refractivity contribution in [2.75, 3.05) is 26.2 Å². The van der Waals surface area contributed by atoms with Gasteiger partial charge in [0.2, 0.25) is 0 Å². The second-order valence-corrected chi connectivity index (χ2v) is 4.39. The smallest absolute Gasteiger partial charge is 0.339 e. The van der Waals surface area contributed by atoms with Gasteiger partial charge in [0.25, 0.3) is 0 Å². The summed E-state index contributed by atoms with van der Waals surface area (Å²) < 4.78 is 16.1. The lowest BCUT2D eigenvalue weighted by molar-refractivity contribution is 0.0524. The first kappa shape index (κ1) is 15.1. The molecule has 0 aliphatic rings. The van der Waals surface area contributed by atoms with E-state index in [0.717, 1.165) is 0 Å². The fourth-order valence-electron chi connectivity index (χ4n) is 1.34. The second-order valence-electron chi connectivity index (χ2n) is 3.22. The minimum absolute atomic E-state index is 0.315. The first-order valence-electron chi connectivity index (χ1n) is 5.38. The Morgan fingerprint density at radius 1 is 1.44 bits per heavy atom. The maximum atomic E-state index is 11.7. The highest BCUT2D eigenvalue weighted by atomic mass is 79.9. The predicted octanol–water partition coefficient (Wildman–Crippen LogP) is 3.25. The van der Waals surface area contributed by atoms with Crippen LogP contribution in [0.25, 0.3) is 0 Å². The van der Waals surface area contributed by atoms with Gasteiger partial charge in [-0.2, -0.15) is 0 Å². The first-order chi connectivity index (χ1) is 8.65. The molecule has 0 saturated heterocycles. The molecule has 0 fully saturated rings. The van der Waals surface area contributed by atoms with Crippen molar-refractivity contribution in [3.05, 3.63) is 22.2 Å². The highest BCUT2D eigenvalue weighted by Crippen LogP contribution is 2.38. The fourth-order valence-corrected chi connectivity index (χ4v) is 2.02. The van der Waals surface area contributed by atoms with Crippen LogP contribution in [0, 0.1) is 0 Å². The number of halogens is 2. The Morgan fingerprint density at radius 3 is 2.72 bits per heavy atom. The molecule has 1 rings (SSSR count). The van der Waals surface area contributed by atoms with Crippen LogP contribution in [0.15, 0.2) is 16.6 Å². The Kier molecular flexibility index (Phi) is 6.29. The van der Waals surface area contributed by atoms with Crippen LogP contribution in [0.5, 0.6) is 11.5 Å². The van der Waals surface area contributed by atoms with Gasteiger partial charge in [-0.25, -0.2) is 4.79 Å². The maximum Gasteiger partial charge on any atom is 0.339 e. The standard InChI is InChI=1S/C12H14BrClO4/c1-3-17-12(15)8-4-5-9(16-2)11(10(8)13)18-7-6-14/h4-5H,3,6-7H2,1-2H3. The van der Waals surface area contributed by atoms with Crippen LogP contribution in [0.2, 0.25) is 0 Å². The van der Waals surface area contributed by atoms with Gasteiger partial charge in [0, 0.05) is 0 Å². The lowest BCUT2D eigenvalue weighted by Crippen LogP contribution is -2.08. The van der Waals surface area contributed by atoms with Crippen LogP contribution in [-0.4, -0.2) is 32.2 Å². The third kappa shape index (κ3) is 3.53. The van der Waals surface area contributed by atoms with Crippen molar-refractivity contribution in [1.29, 1.82) is 0 Å². The summed E-state index contributed by atoms with van der Waals surface area (Å²) in [4.78, 5) is 11.7. The molecular weight excluding hydrogens is 323 g/mol. The topological polar surface area (TPSA) is 44.8 Å². The Labute approximate surface area is 119 Å². The van der Waals surface area contributed by atoms with Crippen molar-refractivity contribution in [3.63, 3.8) is 0 Å². The average molecular weight is 338 g/mol. The van der Waals surface area contributed by atoms with Crippen LogP contribution < -0.4 is 9.47 Å². The lowest BCUT2D eigenvalue weighted by Gasteiger charge is -2.14. The molecule has 18 heavy (non-hydrogen) atoms. The van der Waals surface area contributed by atoms with E-state index in [-0.39, 0.29) is 0 Å². The molecule has 1 aromatic carbocycles. The van der Waals surface area contributed by atoms with Gasteiger partial charge in [0.15, 0.2) is 11.5 Å². The fraction of sp³-hybridized carbons (Fsp3) is 0.417. The van der Waals surface area contributed by atoms with Gasteiger partial charge in [-0.05, 0) is 35.0 Å². The average Bonchev–Trinajstić information content (AvgIpc) is 2.37. The number of hydrogen-bond donors (Lipinski definition) is 0. The molecule has 1 aromatic rings. The Hall–Kier alpha value is -0.940. The molecule has 4 nitrogen and oxygen atoms in total. The molecule has 0 atom stereocenters. The van der Waals surface area contributed by atoms with E-state index in [1.807, 2.05) is 0 Å². The first-order valence-corrected chi connectivity index (χ1v) is 6.70. The summed E-state index contributed by atoms with van der Waals surface area (Å²) in [6, 6.07) is 3.27. The molecule has 0 aliphatic heterocycles. The van der Waals surface area contributed by atoms with Crippen LogP contribution in [0.1, 0.15) is 17.3 Å². The maximum absolute atomic E-state index is 11.7. The molecule has 0 heterocycles. The molecule has 0 spiro atoms. The SMILES string of the molecule is CCOC(=O)c1ccc(OC)c(OCCCl)c1Br. The normalized spacial score (nSPS) is 10.0. The summed E-state index contributed by atoms with van der Waals surface area (Å²) in [6.45, 7) is 2.39. The summed E-state index contributed by atoms with van der Waals surface area (Å²) in [6.07, 6.45) is 0. The minimum Gasteiger partial charge on any atom is -0.493 e. The summed E-state index contributed by atoms with van der Waals surface area (Å²) in [5.74, 6) is 0.908. The molecule has 0 unspecified atom stereocenters. The van der Waals surface area contributed by atoms with Gasteiger partial charge in [0.05, 0.1) is 29.6 Å². The van der Waals surface area contributed by atoms with Crippen molar-refractivity contribution in [1.82, 2.24) is 0 Å². The highest BCUT2D eigenvalue weighted by Gasteiger charge is 2.19. The Balaban J connectivity index is 3.11. The van der Waals surface area contributed by atoms with E-state index in [1.165, 1.54) is 7.11 Å². The molecule has 0 saturated carbocycles. The summed E-state index contributed by atoms with van der Waals surface area (Å²) in [5.41, 5.74) is 0.391. The van der Waals surface area contributed by atoms with Crippen LogP contribution in [0.4, 0.5) is 0 Å². The van der Waals surface area contributed by atoms with Crippen molar-refractivity contribution < 1.29 is 19.0 Å². The zero-order valence-corrected chi connectivity index (χ0v) is 12.5. The Bertz CT molecular complexity index is 423. The number of rotatable bonds is 6. The minimum atomic E-state index is -0.414. The molecule has 0 aromatic heterocycles. The molecule has 6 heteroatoms. The molecule has 0 aliphatic carbocycles. The molecular formula is C12H14BrClO4. The van der Waals surface area contributed by atoms with Gasteiger partial charge in [-0.1, -0.05) is 0 Å². The van der Waals surface area contributed by atoms with Gasteiger partial charge < -0.3 is 14.2 Å². The van der Waals surface area contributed by atoms with Crippen molar-refractivity contribution in [3.8, 4) is 11.5 Å². The number of carbonyl (C=O) groups excluding carboxylic acids is 1. The number of carbonyl (C=O) groups is 1. The zero-order valence-electron chi connectivity index (χ0n) is 10.2. The molecule has 0 radical (unpaired) electrons. The molecule has 0 amide bonds. The largest absolute Gasteiger partial charge is 0.493 e. The third-order valence-corrected chi connectivity index (χ3v) is 3.04. The van der Waals surface area contributed by atoms with Gasteiger partial charge in [-0.15, -0.1) is 11.6 Å². The van der Waals surface area contributed by atoms with E-state index in [1.54, 1.807) is 19.1 Å². The molecule has 0 bridgehead atoms. The highest BCUT2D eigenvalue weighted by molar-refractivity contribution is 9.10. The van der Waals surface area contributed by atoms with E-state index in [4.69, 9.17) is 25.8 Å². The van der Waals surface area contributed by atoms with E-state index >= 15 is 0 Å². The van der Waals surface area contributed by atoms with Crippen LogP contribution >= 0.6 is 27.5 Å². The summed E-state index contributed by atoms with van der Waals surface area (Å²) >= 11 is 8.90. The van der Waals surface area contributed by atoms with Crippen molar-refractivity contribution >= 4 is 33.5 Å². The van der Waals surface area contributed by atoms with E-state index in [2.05, 4.69) is 15.9 Å². The number of methoxy groups -OCH3 is 1. The monoisotopic (exact) mass is 336 g/mol. The number of benzene rings is 1. The third-order valence-electron chi connectivity index (χ3n) is 2.10. The summed E-state index contributed by atoms with van der Waals surface area (Å²) in [5, 5.41) is 0. The number of alkyl halides is 1. The van der Waals surface area contributed by atoms with Crippen molar-refractivity contribution in [2.24, 2.45) is 0 Å². The molecule has 100 valence electrons. The van der Waals surface area contributed by atoms with Crippen LogP contribution in [0.3, 0.4) is 0 Å². The van der Waals surface area contributed by atoms with Gasteiger partial charge >= 0.3 is 5.97 Å². The zero-order chi connectivity index (χ0) is 13.5. The van der Waals surface area contributed by atoms with Gasteiger partial charge in [0.1, 0.15) is 6.61 Å². The number of hydrogen-bond acceptors (Lipinski definition) is 4. The second kappa shape index (κ2) is 7.48. The summed E-state index contributed by atoms with van der Waals surface area (Å²) in [7, 11) is 1.53. The van der Waals surface area contributed by atoms with Crippen LogP contribution in [-0.2, 0) is 4.74 Å². The van der Waals surface area contributed by atoms with Crippen molar-refractivity contribution in [2.45, 2.75) is 6.92 Å². The van der Waals surface area contributed by atoms with Gasteiger partial charge in [-0.3, -0.25) is 0 Å².